The van der Waals surface area contributed by atoms with Crippen molar-refractivity contribution in [3.05, 3.63) is 71.7 Å². The summed E-state index contributed by atoms with van der Waals surface area (Å²) in [5.74, 6) is 0.895. The average molecular weight is 308 g/mol. The summed E-state index contributed by atoms with van der Waals surface area (Å²) in [4.78, 5) is 8.82. The maximum Gasteiger partial charge on any atom is 0.229 e. The molecule has 0 aliphatic heterocycles. The van der Waals surface area contributed by atoms with Gasteiger partial charge in [0.25, 0.3) is 0 Å². The molecule has 0 aliphatic carbocycles. The van der Waals surface area contributed by atoms with Gasteiger partial charge in [-0.15, -0.1) is 0 Å². The Morgan fingerprint density at radius 2 is 1.61 bits per heavy atom. The molecule has 116 valence electrons. The zero-order chi connectivity index (χ0) is 16.2. The first kappa shape index (κ1) is 15.0. The third-order valence-electron chi connectivity index (χ3n) is 3.36. The van der Waals surface area contributed by atoms with Crippen LogP contribution in [0.15, 0.2) is 54.6 Å². The van der Waals surface area contributed by atoms with Gasteiger partial charge in [-0.25, -0.2) is 9.37 Å². The molecule has 0 bridgehead atoms. The van der Waals surface area contributed by atoms with Gasteiger partial charge in [0.15, 0.2) is 0 Å². The summed E-state index contributed by atoms with van der Waals surface area (Å²) in [5, 5.41) is 6.38. The van der Waals surface area contributed by atoms with Gasteiger partial charge in [-0.3, -0.25) is 0 Å². The molecule has 2 N–H and O–H groups in total. The first-order valence-corrected chi connectivity index (χ1v) is 7.31. The third-order valence-corrected chi connectivity index (χ3v) is 3.36. The Bertz CT molecular complexity index is 816. The molecule has 3 aromatic rings. The summed E-state index contributed by atoms with van der Waals surface area (Å²) in [6, 6.07) is 16.0. The summed E-state index contributed by atoms with van der Waals surface area (Å²) in [6.45, 7) is 3.94. The molecule has 2 aromatic carbocycles. The summed E-state index contributed by atoms with van der Waals surface area (Å²) in [7, 11) is 0. The van der Waals surface area contributed by atoms with Crippen LogP contribution < -0.4 is 10.6 Å². The molecule has 0 unspecified atom stereocenters. The van der Waals surface area contributed by atoms with Crippen LogP contribution in [0.1, 0.15) is 11.3 Å². The fourth-order valence-corrected chi connectivity index (χ4v) is 2.20. The van der Waals surface area contributed by atoms with Crippen molar-refractivity contribution in [1.29, 1.82) is 0 Å². The maximum absolute atomic E-state index is 13.0. The molecule has 0 saturated carbocycles. The van der Waals surface area contributed by atoms with Gasteiger partial charge < -0.3 is 10.6 Å². The normalized spacial score (nSPS) is 10.4. The van der Waals surface area contributed by atoms with E-state index in [9.17, 15) is 4.39 Å². The Balaban J connectivity index is 1.84. The van der Waals surface area contributed by atoms with Crippen molar-refractivity contribution >= 4 is 23.1 Å². The zero-order valence-corrected chi connectivity index (χ0v) is 13.0. The molecular weight excluding hydrogens is 291 g/mol. The lowest BCUT2D eigenvalue weighted by atomic mass is 10.2. The highest BCUT2D eigenvalue weighted by atomic mass is 19.1. The number of nitrogens with one attached hydrogen (secondary N) is 2. The van der Waals surface area contributed by atoms with Crippen molar-refractivity contribution in [2.75, 3.05) is 10.6 Å². The highest BCUT2D eigenvalue weighted by Crippen LogP contribution is 2.21. The van der Waals surface area contributed by atoms with E-state index in [1.165, 1.54) is 12.1 Å². The van der Waals surface area contributed by atoms with Crippen LogP contribution in [0.5, 0.6) is 0 Å². The molecule has 3 rings (SSSR count). The van der Waals surface area contributed by atoms with Crippen LogP contribution in [0.2, 0.25) is 0 Å². The minimum absolute atomic E-state index is 0.275. The van der Waals surface area contributed by atoms with E-state index in [-0.39, 0.29) is 5.82 Å². The Labute approximate surface area is 134 Å². The summed E-state index contributed by atoms with van der Waals surface area (Å²) >= 11 is 0. The van der Waals surface area contributed by atoms with E-state index in [2.05, 4.69) is 20.6 Å². The van der Waals surface area contributed by atoms with Crippen LogP contribution in [0, 0.1) is 19.7 Å². The van der Waals surface area contributed by atoms with Crippen LogP contribution in [0.3, 0.4) is 0 Å². The van der Waals surface area contributed by atoms with E-state index in [0.29, 0.717) is 11.8 Å². The maximum atomic E-state index is 13.0. The van der Waals surface area contributed by atoms with Crippen molar-refractivity contribution in [1.82, 2.24) is 9.97 Å². The van der Waals surface area contributed by atoms with Crippen molar-refractivity contribution in [3.63, 3.8) is 0 Å². The summed E-state index contributed by atoms with van der Waals surface area (Å²) in [5.41, 5.74) is 3.70. The summed E-state index contributed by atoms with van der Waals surface area (Å²) < 4.78 is 13.0. The first-order chi connectivity index (χ1) is 11.1. The molecule has 1 aromatic heterocycles. The van der Waals surface area contributed by atoms with Crippen LogP contribution >= 0.6 is 0 Å². The average Bonchev–Trinajstić information content (AvgIpc) is 2.51. The van der Waals surface area contributed by atoms with E-state index in [0.717, 1.165) is 22.6 Å². The number of benzene rings is 2. The lowest BCUT2D eigenvalue weighted by Crippen LogP contribution is -2.03. The monoisotopic (exact) mass is 308 g/mol. The molecule has 4 nitrogen and oxygen atoms in total. The molecule has 5 heteroatoms. The van der Waals surface area contributed by atoms with Crippen molar-refractivity contribution in [3.8, 4) is 0 Å². The van der Waals surface area contributed by atoms with Gasteiger partial charge >= 0.3 is 0 Å². The van der Waals surface area contributed by atoms with Gasteiger partial charge in [0.05, 0.1) is 0 Å². The van der Waals surface area contributed by atoms with Crippen molar-refractivity contribution in [2.45, 2.75) is 13.8 Å². The largest absolute Gasteiger partial charge is 0.340 e. The van der Waals surface area contributed by atoms with Gasteiger partial charge in [0.2, 0.25) is 5.95 Å². The summed E-state index contributed by atoms with van der Waals surface area (Å²) in [6.07, 6.45) is 0. The second-order valence-corrected chi connectivity index (χ2v) is 5.29. The minimum Gasteiger partial charge on any atom is -0.340 e. The van der Waals surface area contributed by atoms with Gasteiger partial charge in [0, 0.05) is 23.1 Å². The number of hydrogen-bond acceptors (Lipinski definition) is 4. The molecule has 0 atom stereocenters. The van der Waals surface area contributed by atoms with E-state index >= 15 is 0 Å². The Kier molecular flexibility index (Phi) is 4.19. The second kappa shape index (κ2) is 6.44. The molecular formula is C18H17FN4. The van der Waals surface area contributed by atoms with E-state index in [1.807, 2.05) is 44.2 Å². The van der Waals surface area contributed by atoms with Crippen LogP contribution in [0.25, 0.3) is 0 Å². The predicted octanol–water partition coefficient (Wildman–Crippen LogP) is 4.72. The van der Waals surface area contributed by atoms with Gasteiger partial charge in [-0.05, 0) is 49.7 Å². The number of halogens is 1. The van der Waals surface area contributed by atoms with Crippen LogP contribution in [0.4, 0.5) is 27.5 Å². The fourth-order valence-electron chi connectivity index (χ4n) is 2.20. The van der Waals surface area contributed by atoms with Crippen LogP contribution in [-0.2, 0) is 0 Å². The standard InChI is InChI=1S/C18H17FN4/c1-12-5-3-4-6-16(12)22-17-11-13(2)20-18(23-17)21-15-9-7-14(19)8-10-15/h3-11H,1-2H3,(H2,20,21,22,23). The number of anilines is 4. The van der Waals surface area contributed by atoms with Gasteiger partial charge in [0.1, 0.15) is 11.6 Å². The number of nitrogens with zero attached hydrogens (tertiary/aromatic N) is 2. The SMILES string of the molecule is Cc1cc(Nc2ccccc2C)nc(Nc2ccc(F)cc2)n1. The third kappa shape index (κ3) is 3.83. The molecule has 0 spiro atoms. The Hall–Kier alpha value is -2.95. The highest BCUT2D eigenvalue weighted by Gasteiger charge is 2.05. The molecule has 1 heterocycles. The Morgan fingerprint density at radius 3 is 2.35 bits per heavy atom. The number of aromatic nitrogens is 2. The fraction of sp³-hybridized carbons (Fsp3) is 0.111. The number of aryl methyl sites for hydroxylation is 2. The lowest BCUT2D eigenvalue weighted by Gasteiger charge is -2.11. The number of rotatable bonds is 4. The number of para-hydroxylation sites is 1. The molecule has 23 heavy (non-hydrogen) atoms. The lowest BCUT2D eigenvalue weighted by molar-refractivity contribution is 0.628. The minimum atomic E-state index is -0.275. The smallest absolute Gasteiger partial charge is 0.229 e. The zero-order valence-electron chi connectivity index (χ0n) is 13.0. The number of hydrogen-bond donors (Lipinski definition) is 2. The van der Waals surface area contributed by atoms with Crippen molar-refractivity contribution in [2.24, 2.45) is 0 Å². The molecule has 0 fully saturated rings. The topological polar surface area (TPSA) is 49.8 Å². The second-order valence-electron chi connectivity index (χ2n) is 5.29. The van der Waals surface area contributed by atoms with Crippen LogP contribution in [-0.4, -0.2) is 9.97 Å². The first-order valence-electron chi connectivity index (χ1n) is 7.31. The molecule has 0 amide bonds. The predicted molar refractivity (Wildman–Crippen MR) is 90.9 cm³/mol. The highest BCUT2D eigenvalue weighted by molar-refractivity contribution is 5.62. The molecule has 0 radical (unpaired) electrons. The van der Waals surface area contributed by atoms with Gasteiger partial charge in [-0.1, -0.05) is 18.2 Å². The quantitative estimate of drug-likeness (QED) is 0.732. The van der Waals surface area contributed by atoms with E-state index < -0.39 is 0 Å². The van der Waals surface area contributed by atoms with Crippen molar-refractivity contribution < 1.29 is 4.39 Å². The van der Waals surface area contributed by atoms with Gasteiger partial charge in [-0.2, -0.15) is 4.98 Å². The molecule has 0 saturated heterocycles. The van der Waals surface area contributed by atoms with E-state index in [1.54, 1.807) is 12.1 Å². The Morgan fingerprint density at radius 1 is 0.870 bits per heavy atom. The van der Waals surface area contributed by atoms with E-state index in [4.69, 9.17) is 0 Å². The molecule has 0 aliphatic rings.